The molecule has 1 aromatic heterocycles. The van der Waals surface area contributed by atoms with Gasteiger partial charge in [0.15, 0.2) is 0 Å². The smallest absolute Gasteiger partial charge is 0.319 e. The van der Waals surface area contributed by atoms with Crippen LogP contribution in [-0.4, -0.2) is 49.6 Å². The lowest BCUT2D eigenvalue weighted by atomic mass is 10.4. The van der Waals surface area contributed by atoms with Gasteiger partial charge in [0.2, 0.25) is 10.0 Å². The third kappa shape index (κ3) is 5.98. The third-order valence-electron chi connectivity index (χ3n) is 2.61. The van der Waals surface area contributed by atoms with E-state index >= 15 is 0 Å². The number of nitrogens with one attached hydrogen (secondary N) is 2. The molecule has 0 spiro atoms. The SMILES string of the molecule is CCN(CCCNC(=O)Nc1cccnc1)S(C)(=O)=O. The van der Waals surface area contributed by atoms with Crippen molar-refractivity contribution in [3.63, 3.8) is 0 Å². The van der Waals surface area contributed by atoms with E-state index in [1.807, 2.05) is 0 Å². The Labute approximate surface area is 119 Å². The van der Waals surface area contributed by atoms with E-state index in [1.165, 1.54) is 10.6 Å². The molecular formula is C12H20N4O3S. The van der Waals surface area contributed by atoms with E-state index in [2.05, 4.69) is 15.6 Å². The van der Waals surface area contributed by atoms with E-state index in [-0.39, 0.29) is 6.03 Å². The summed E-state index contributed by atoms with van der Waals surface area (Å²) in [5.74, 6) is 0. The van der Waals surface area contributed by atoms with Gasteiger partial charge in [0.05, 0.1) is 18.1 Å². The van der Waals surface area contributed by atoms with Crippen LogP contribution in [0.4, 0.5) is 10.5 Å². The molecule has 0 unspecified atom stereocenters. The second-order valence-corrected chi connectivity index (χ2v) is 6.21. The topological polar surface area (TPSA) is 91.4 Å². The summed E-state index contributed by atoms with van der Waals surface area (Å²) in [6.45, 7) is 3.00. The highest BCUT2D eigenvalue weighted by Crippen LogP contribution is 2.02. The van der Waals surface area contributed by atoms with Crippen LogP contribution in [0.15, 0.2) is 24.5 Å². The Bertz CT molecular complexity index is 519. The highest BCUT2D eigenvalue weighted by atomic mass is 32.2. The largest absolute Gasteiger partial charge is 0.338 e. The van der Waals surface area contributed by atoms with Gasteiger partial charge in [0, 0.05) is 25.8 Å². The Morgan fingerprint density at radius 1 is 1.45 bits per heavy atom. The number of hydrogen-bond acceptors (Lipinski definition) is 4. The highest BCUT2D eigenvalue weighted by Gasteiger charge is 2.13. The average Bonchev–Trinajstić information content (AvgIpc) is 2.38. The molecule has 1 heterocycles. The Kier molecular flexibility index (Phi) is 6.40. The Hall–Kier alpha value is -1.67. The first-order chi connectivity index (χ1) is 9.43. The van der Waals surface area contributed by atoms with E-state index in [0.29, 0.717) is 31.7 Å². The van der Waals surface area contributed by atoms with Crippen LogP contribution in [0.3, 0.4) is 0 Å². The summed E-state index contributed by atoms with van der Waals surface area (Å²) in [5, 5.41) is 5.29. The number of sulfonamides is 1. The lowest BCUT2D eigenvalue weighted by molar-refractivity contribution is 0.251. The molecule has 0 aromatic carbocycles. The standard InChI is InChI=1S/C12H20N4O3S/c1-3-16(20(2,18)19)9-5-8-14-12(17)15-11-6-4-7-13-10-11/h4,6-7,10H,3,5,8-9H2,1-2H3,(H2,14,15,17). The number of pyridine rings is 1. The first-order valence-electron chi connectivity index (χ1n) is 6.33. The van der Waals surface area contributed by atoms with Crippen LogP contribution in [0.5, 0.6) is 0 Å². The number of urea groups is 1. The van der Waals surface area contributed by atoms with Crippen molar-refractivity contribution in [1.82, 2.24) is 14.6 Å². The van der Waals surface area contributed by atoms with Crippen LogP contribution < -0.4 is 10.6 Å². The summed E-state index contributed by atoms with van der Waals surface area (Å²) in [4.78, 5) is 15.4. The molecule has 2 N–H and O–H groups in total. The molecule has 1 rings (SSSR count). The summed E-state index contributed by atoms with van der Waals surface area (Å²) in [7, 11) is -3.17. The third-order valence-corrected chi connectivity index (χ3v) is 3.99. The number of carbonyl (C=O) groups excluding carboxylic acids is 1. The predicted octanol–water partition coefficient (Wildman–Crippen LogP) is 0.875. The van der Waals surface area contributed by atoms with Crippen LogP contribution in [0.1, 0.15) is 13.3 Å². The van der Waals surface area contributed by atoms with Crippen LogP contribution in [-0.2, 0) is 10.0 Å². The summed E-state index contributed by atoms with van der Waals surface area (Å²) >= 11 is 0. The van der Waals surface area contributed by atoms with Crippen molar-refractivity contribution >= 4 is 21.7 Å². The second-order valence-electron chi connectivity index (χ2n) is 4.23. The van der Waals surface area contributed by atoms with Gasteiger partial charge in [-0.3, -0.25) is 4.98 Å². The molecule has 0 bridgehead atoms. The minimum atomic E-state index is -3.17. The predicted molar refractivity (Wildman–Crippen MR) is 78.0 cm³/mol. The zero-order chi connectivity index (χ0) is 15.0. The maximum atomic E-state index is 11.5. The fourth-order valence-electron chi connectivity index (χ4n) is 1.63. The molecule has 0 aliphatic heterocycles. The van der Waals surface area contributed by atoms with Crippen LogP contribution in [0.25, 0.3) is 0 Å². The molecule has 0 atom stereocenters. The molecule has 0 saturated carbocycles. The van der Waals surface area contributed by atoms with E-state index in [9.17, 15) is 13.2 Å². The van der Waals surface area contributed by atoms with Gasteiger partial charge in [0.1, 0.15) is 0 Å². The quantitative estimate of drug-likeness (QED) is 0.731. The first-order valence-corrected chi connectivity index (χ1v) is 8.18. The van der Waals surface area contributed by atoms with E-state index in [1.54, 1.807) is 31.5 Å². The molecule has 0 fully saturated rings. The summed E-state index contributed by atoms with van der Waals surface area (Å²) in [6, 6.07) is 3.12. The van der Waals surface area contributed by atoms with Crippen molar-refractivity contribution in [1.29, 1.82) is 0 Å². The van der Waals surface area contributed by atoms with Crippen molar-refractivity contribution < 1.29 is 13.2 Å². The number of anilines is 1. The van der Waals surface area contributed by atoms with Gasteiger partial charge in [-0.25, -0.2) is 17.5 Å². The minimum Gasteiger partial charge on any atom is -0.338 e. The molecule has 8 heteroatoms. The number of nitrogens with zero attached hydrogens (tertiary/aromatic N) is 2. The monoisotopic (exact) mass is 300 g/mol. The maximum absolute atomic E-state index is 11.5. The van der Waals surface area contributed by atoms with Crippen molar-refractivity contribution in [2.45, 2.75) is 13.3 Å². The molecule has 2 amide bonds. The molecule has 7 nitrogen and oxygen atoms in total. The molecule has 1 aromatic rings. The van der Waals surface area contributed by atoms with Crippen molar-refractivity contribution in [3.8, 4) is 0 Å². The molecule has 0 saturated heterocycles. The zero-order valence-electron chi connectivity index (χ0n) is 11.7. The highest BCUT2D eigenvalue weighted by molar-refractivity contribution is 7.88. The number of rotatable bonds is 7. The summed E-state index contributed by atoms with van der Waals surface area (Å²) in [6.07, 6.45) is 4.90. The van der Waals surface area contributed by atoms with Crippen molar-refractivity contribution in [3.05, 3.63) is 24.5 Å². The molecule has 0 radical (unpaired) electrons. The average molecular weight is 300 g/mol. The van der Waals surface area contributed by atoms with E-state index in [0.717, 1.165) is 0 Å². The van der Waals surface area contributed by atoms with Crippen LogP contribution >= 0.6 is 0 Å². The maximum Gasteiger partial charge on any atom is 0.319 e. The molecule has 0 aliphatic rings. The fourth-order valence-corrected chi connectivity index (χ4v) is 2.56. The number of hydrogen-bond donors (Lipinski definition) is 2. The van der Waals surface area contributed by atoms with Crippen LogP contribution in [0.2, 0.25) is 0 Å². The van der Waals surface area contributed by atoms with Crippen molar-refractivity contribution in [2.24, 2.45) is 0 Å². The molecule has 20 heavy (non-hydrogen) atoms. The van der Waals surface area contributed by atoms with Gasteiger partial charge < -0.3 is 10.6 Å². The van der Waals surface area contributed by atoms with E-state index in [4.69, 9.17) is 0 Å². The minimum absolute atomic E-state index is 0.333. The Morgan fingerprint density at radius 3 is 2.75 bits per heavy atom. The molecule has 0 aliphatic carbocycles. The lowest BCUT2D eigenvalue weighted by Crippen LogP contribution is -2.34. The van der Waals surface area contributed by atoms with Gasteiger partial charge in [-0.15, -0.1) is 0 Å². The number of amides is 2. The van der Waals surface area contributed by atoms with Gasteiger partial charge >= 0.3 is 6.03 Å². The van der Waals surface area contributed by atoms with Crippen molar-refractivity contribution in [2.75, 3.05) is 31.2 Å². The summed E-state index contributed by atoms with van der Waals surface area (Å²) < 4.78 is 24.1. The number of aromatic nitrogens is 1. The zero-order valence-corrected chi connectivity index (χ0v) is 12.5. The molecular weight excluding hydrogens is 280 g/mol. The Balaban J connectivity index is 2.26. The normalized spacial score (nSPS) is 11.3. The van der Waals surface area contributed by atoms with Gasteiger partial charge in [-0.05, 0) is 18.6 Å². The second kappa shape index (κ2) is 7.81. The Morgan fingerprint density at radius 2 is 2.20 bits per heavy atom. The van der Waals surface area contributed by atoms with Gasteiger partial charge in [0.25, 0.3) is 0 Å². The van der Waals surface area contributed by atoms with Gasteiger partial charge in [-0.1, -0.05) is 6.92 Å². The lowest BCUT2D eigenvalue weighted by Gasteiger charge is -2.17. The van der Waals surface area contributed by atoms with Gasteiger partial charge in [-0.2, -0.15) is 0 Å². The van der Waals surface area contributed by atoms with E-state index < -0.39 is 10.0 Å². The number of carbonyl (C=O) groups is 1. The van der Waals surface area contributed by atoms with Crippen LogP contribution in [0, 0.1) is 0 Å². The fraction of sp³-hybridized carbons (Fsp3) is 0.500. The summed E-state index contributed by atoms with van der Waals surface area (Å²) in [5.41, 5.74) is 0.608. The first kappa shape index (κ1) is 16.4. The molecule has 112 valence electrons.